The van der Waals surface area contributed by atoms with E-state index in [1.807, 2.05) is 0 Å². The summed E-state index contributed by atoms with van der Waals surface area (Å²) in [7, 11) is 0. The van der Waals surface area contributed by atoms with E-state index in [1.54, 1.807) is 6.07 Å². The molecular weight excluding hydrogens is 162 g/mol. The molecule has 13 heavy (non-hydrogen) atoms. The molecule has 0 rings (SSSR count). The van der Waals surface area contributed by atoms with Gasteiger partial charge >= 0.3 is 0 Å². The molecule has 0 aromatic heterocycles. The number of carbonyl (C=O) groups is 1. The van der Waals surface area contributed by atoms with Gasteiger partial charge in [0.25, 0.3) is 0 Å². The van der Waals surface area contributed by atoms with Crippen molar-refractivity contribution in [3.8, 4) is 6.07 Å². The Morgan fingerprint density at radius 3 is 1.38 bits per heavy atom. The number of hydrogen-bond acceptors (Lipinski definition) is 2. The molecule has 78 valence electrons. The fourth-order valence-electron chi connectivity index (χ4n) is 0.500. The van der Waals surface area contributed by atoms with Crippen LogP contribution in [0.3, 0.4) is 0 Å². The van der Waals surface area contributed by atoms with Gasteiger partial charge in [0.05, 0.1) is 6.07 Å². The zero-order chi connectivity index (χ0) is 11.1. The number of unbranched alkanes of at least 4 members (excludes halogenated alkanes) is 3. The average Bonchev–Trinajstić information content (AvgIpc) is 2.01. The van der Waals surface area contributed by atoms with Crippen molar-refractivity contribution in [2.45, 2.75) is 60.3 Å². The monoisotopic (exact) mass is 185 g/mol. The summed E-state index contributed by atoms with van der Waals surface area (Å²) >= 11 is 0. The van der Waals surface area contributed by atoms with E-state index in [2.05, 4.69) is 13.8 Å². The van der Waals surface area contributed by atoms with E-state index < -0.39 is 0 Å². The van der Waals surface area contributed by atoms with Gasteiger partial charge in [-0.2, -0.15) is 5.26 Å². The van der Waals surface area contributed by atoms with Gasteiger partial charge in [0.15, 0.2) is 0 Å². The smallest absolute Gasteiger partial charge is 0.126 e. The topological polar surface area (TPSA) is 40.9 Å². The zero-order valence-corrected chi connectivity index (χ0v) is 9.68. The van der Waals surface area contributed by atoms with Gasteiger partial charge in [0.2, 0.25) is 0 Å². The van der Waals surface area contributed by atoms with E-state index in [0.717, 1.165) is 0 Å². The van der Waals surface area contributed by atoms with Crippen molar-refractivity contribution in [1.29, 1.82) is 5.26 Å². The van der Waals surface area contributed by atoms with Crippen LogP contribution in [0.5, 0.6) is 0 Å². The molecule has 0 radical (unpaired) electrons. The maximum atomic E-state index is 9.44. The van der Waals surface area contributed by atoms with Gasteiger partial charge in [-0.3, -0.25) is 0 Å². The minimum atomic E-state index is 0.167. The fourth-order valence-corrected chi connectivity index (χ4v) is 0.500. The first kappa shape index (κ1) is 18.0. The van der Waals surface area contributed by atoms with Crippen molar-refractivity contribution in [1.82, 2.24) is 0 Å². The summed E-state index contributed by atoms with van der Waals surface area (Å²) in [6, 6.07) is 1.75. The molecule has 0 amide bonds. The van der Waals surface area contributed by atoms with Crippen molar-refractivity contribution in [2.75, 3.05) is 0 Å². The molecule has 0 aromatic carbocycles. The zero-order valence-electron chi connectivity index (χ0n) is 9.68. The highest BCUT2D eigenvalue weighted by atomic mass is 16.1. The van der Waals surface area contributed by atoms with Crippen LogP contribution in [-0.2, 0) is 4.79 Å². The summed E-state index contributed by atoms with van der Waals surface area (Å²) in [5.41, 5.74) is 0. The molecule has 0 heterocycles. The Labute approximate surface area is 83.0 Å². The maximum Gasteiger partial charge on any atom is 0.126 e. The third-order valence-electron chi connectivity index (χ3n) is 0.957. The maximum absolute atomic E-state index is 9.44. The van der Waals surface area contributed by atoms with Gasteiger partial charge in [-0.15, -0.1) is 0 Å². The van der Waals surface area contributed by atoms with Crippen LogP contribution in [0.25, 0.3) is 0 Å². The third kappa shape index (κ3) is 201. The first-order valence-electron chi connectivity index (χ1n) is 4.84. The molecule has 0 aliphatic heterocycles. The molecule has 0 unspecified atom stereocenters. The second-order valence-corrected chi connectivity index (χ2v) is 2.84. The van der Waals surface area contributed by atoms with Gasteiger partial charge in [-0.05, 0) is 13.8 Å². The van der Waals surface area contributed by atoms with Crippen molar-refractivity contribution >= 4 is 5.78 Å². The Morgan fingerprint density at radius 1 is 1.15 bits per heavy atom. The Morgan fingerprint density at radius 2 is 1.31 bits per heavy atom. The highest BCUT2D eigenvalue weighted by molar-refractivity contribution is 5.72. The standard InChI is InChI=1S/C6H14.C3H6O.C2H3N/c1-3-5-6-4-2;1-3(2)4;1-2-3/h3-6H2,1-2H3;1-2H3;1H3. The molecule has 0 N–H and O–H groups in total. The molecule has 2 heteroatoms. The van der Waals surface area contributed by atoms with Crippen molar-refractivity contribution in [3.63, 3.8) is 0 Å². The molecule has 0 spiro atoms. The van der Waals surface area contributed by atoms with Crippen LogP contribution in [0.4, 0.5) is 0 Å². The number of ketones is 1. The summed E-state index contributed by atoms with van der Waals surface area (Å²) in [6.07, 6.45) is 5.54. The van der Waals surface area contributed by atoms with Crippen LogP contribution in [-0.4, -0.2) is 5.78 Å². The molecule has 0 saturated carbocycles. The van der Waals surface area contributed by atoms with Crippen molar-refractivity contribution < 1.29 is 4.79 Å². The number of nitrogens with zero attached hydrogens (tertiary/aromatic N) is 1. The van der Waals surface area contributed by atoms with Crippen LogP contribution in [0.1, 0.15) is 60.3 Å². The van der Waals surface area contributed by atoms with Gasteiger partial charge in [-0.25, -0.2) is 0 Å². The van der Waals surface area contributed by atoms with E-state index in [-0.39, 0.29) is 5.78 Å². The van der Waals surface area contributed by atoms with E-state index in [4.69, 9.17) is 5.26 Å². The summed E-state index contributed by atoms with van der Waals surface area (Å²) in [5.74, 6) is 0.167. The molecule has 0 fully saturated rings. The van der Waals surface area contributed by atoms with Gasteiger partial charge in [-0.1, -0.05) is 39.5 Å². The molecule has 0 aliphatic rings. The number of carbonyl (C=O) groups excluding carboxylic acids is 1. The lowest BCUT2D eigenvalue weighted by Crippen LogP contribution is -1.69. The normalized spacial score (nSPS) is 6.77. The van der Waals surface area contributed by atoms with Crippen LogP contribution >= 0.6 is 0 Å². The van der Waals surface area contributed by atoms with E-state index >= 15 is 0 Å². The highest BCUT2D eigenvalue weighted by Gasteiger charge is 1.75. The number of rotatable bonds is 3. The number of hydrogen-bond donors (Lipinski definition) is 0. The fraction of sp³-hybridized carbons (Fsp3) is 0.818. The highest BCUT2D eigenvalue weighted by Crippen LogP contribution is 1.95. The van der Waals surface area contributed by atoms with Gasteiger partial charge < -0.3 is 4.79 Å². The van der Waals surface area contributed by atoms with Crippen LogP contribution in [0.15, 0.2) is 0 Å². The molecular formula is C11H23NO. The Hall–Kier alpha value is -0.840. The lowest BCUT2D eigenvalue weighted by molar-refractivity contribution is -0.114. The van der Waals surface area contributed by atoms with Crippen molar-refractivity contribution in [3.05, 3.63) is 0 Å². The lowest BCUT2D eigenvalue weighted by Gasteiger charge is -1.86. The molecule has 0 aromatic rings. The number of nitriles is 1. The third-order valence-corrected chi connectivity index (χ3v) is 0.957. The number of Topliss-reactive ketones (excluding diaryl/α,β-unsaturated/α-hetero) is 1. The summed E-state index contributed by atoms with van der Waals surface area (Å²) in [6.45, 7) is 8.95. The average molecular weight is 185 g/mol. The SMILES string of the molecule is CC#N.CC(C)=O.CCCCCC. The molecule has 0 atom stereocenters. The quantitative estimate of drug-likeness (QED) is 0.629. The van der Waals surface area contributed by atoms with Crippen LogP contribution in [0.2, 0.25) is 0 Å². The first-order chi connectivity index (χ1) is 6.06. The predicted octanol–water partition coefficient (Wildman–Crippen LogP) is 3.71. The Balaban J connectivity index is -0.000000125. The largest absolute Gasteiger partial charge is 0.300 e. The van der Waals surface area contributed by atoms with Crippen LogP contribution in [0, 0.1) is 11.3 Å². The predicted molar refractivity (Wildman–Crippen MR) is 57.5 cm³/mol. The lowest BCUT2D eigenvalue weighted by atomic mass is 10.2. The molecule has 0 bridgehead atoms. The first-order valence-corrected chi connectivity index (χ1v) is 4.84. The van der Waals surface area contributed by atoms with Gasteiger partial charge in [0, 0.05) is 6.92 Å². The molecule has 0 aliphatic carbocycles. The minimum absolute atomic E-state index is 0.167. The van der Waals surface area contributed by atoms with Crippen molar-refractivity contribution in [2.24, 2.45) is 0 Å². The summed E-state index contributed by atoms with van der Waals surface area (Å²) < 4.78 is 0. The van der Waals surface area contributed by atoms with E-state index in [0.29, 0.717) is 0 Å². The second kappa shape index (κ2) is 22.5. The Bertz CT molecular complexity index is 117. The van der Waals surface area contributed by atoms with E-state index in [9.17, 15) is 4.79 Å². The second-order valence-electron chi connectivity index (χ2n) is 2.84. The molecule has 0 saturated heterocycles. The van der Waals surface area contributed by atoms with Crippen LogP contribution < -0.4 is 0 Å². The summed E-state index contributed by atoms with van der Waals surface area (Å²) in [4.78, 5) is 9.44. The van der Waals surface area contributed by atoms with E-state index in [1.165, 1.54) is 46.5 Å². The minimum Gasteiger partial charge on any atom is -0.300 e. The summed E-state index contributed by atoms with van der Waals surface area (Å²) in [5, 5.41) is 7.32. The Kier molecular flexibility index (Phi) is 31.2. The van der Waals surface area contributed by atoms with Gasteiger partial charge in [0.1, 0.15) is 5.78 Å². The molecule has 2 nitrogen and oxygen atoms in total.